The van der Waals surface area contributed by atoms with Crippen LogP contribution in [-0.4, -0.2) is 34.7 Å². The predicted molar refractivity (Wildman–Crippen MR) is 129 cm³/mol. The Hall–Kier alpha value is -2.94. The molecule has 0 saturated heterocycles. The van der Waals surface area contributed by atoms with Gasteiger partial charge in [0.2, 0.25) is 5.91 Å². The van der Waals surface area contributed by atoms with Crippen molar-refractivity contribution in [3.63, 3.8) is 0 Å². The van der Waals surface area contributed by atoms with E-state index in [1.54, 1.807) is 6.07 Å². The molecule has 0 unspecified atom stereocenters. The molecule has 0 spiro atoms. The molecule has 1 aromatic carbocycles. The molecule has 1 heterocycles. The fourth-order valence-electron chi connectivity index (χ4n) is 3.33. The molecule has 0 aliphatic carbocycles. The standard InChI is InChI=1S/C23H33N5O3S/c1-13(2)9-10-26-22(30)17(11-14(3)4)28(16-8-6-7-15(5)12-16)23(31)20-18(24)19(21(25)29)27-32-20/h6-8,12-14,17H,9-11,24H2,1-5H3,(H2,25,29)(H,26,30)/t17-/m0/s1. The van der Waals surface area contributed by atoms with Gasteiger partial charge in [0, 0.05) is 12.2 Å². The van der Waals surface area contributed by atoms with Gasteiger partial charge in [0.05, 0.1) is 5.69 Å². The molecular formula is C23H33N5O3S. The first-order chi connectivity index (χ1) is 15.0. The Morgan fingerprint density at radius 3 is 2.38 bits per heavy atom. The summed E-state index contributed by atoms with van der Waals surface area (Å²) in [5.41, 5.74) is 12.7. The van der Waals surface area contributed by atoms with E-state index in [1.807, 2.05) is 39.0 Å². The monoisotopic (exact) mass is 459 g/mol. The molecule has 5 N–H and O–H groups in total. The average molecular weight is 460 g/mol. The van der Waals surface area contributed by atoms with Crippen molar-refractivity contribution in [2.75, 3.05) is 17.2 Å². The summed E-state index contributed by atoms with van der Waals surface area (Å²) in [5.74, 6) is -0.922. The lowest BCUT2D eigenvalue weighted by atomic mass is 9.99. The Morgan fingerprint density at radius 2 is 1.84 bits per heavy atom. The van der Waals surface area contributed by atoms with E-state index in [9.17, 15) is 14.4 Å². The molecule has 0 fully saturated rings. The number of aryl methyl sites for hydroxylation is 1. The van der Waals surface area contributed by atoms with Crippen molar-refractivity contribution >= 4 is 40.6 Å². The number of carbonyl (C=O) groups is 3. The second kappa shape index (κ2) is 11.1. The van der Waals surface area contributed by atoms with E-state index in [0.29, 0.717) is 24.6 Å². The highest BCUT2D eigenvalue weighted by atomic mass is 32.1. The van der Waals surface area contributed by atoms with Crippen LogP contribution in [0.15, 0.2) is 24.3 Å². The second-order valence-corrected chi connectivity index (χ2v) is 9.54. The smallest absolute Gasteiger partial charge is 0.272 e. The van der Waals surface area contributed by atoms with Crippen LogP contribution in [0.2, 0.25) is 0 Å². The van der Waals surface area contributed by atoms with Crippen molar-refractivity contribution in [1.82, 2.24) is 9.69 Å². The van der Waals surface area contributed by atoms with Gasteiger partial charge in [-0.25, -0.2) is 0 Å². The van der Waals surface area contributed by atoms with Crippen molar-refractivity contribution in [3.05, 3.63) is 40.4 Å². The van der Waals surface area contributed by atoms with Crippen molar-refractivity contribution in [1.29, 1.82) is 0 Å². The van der Waals surface area contributed by atoms with E-state index in [0.717, 1.165) is 23.5 Å². The third-order valence-electron chi connectivity index (χ3n) is 4.98. The highest BCUT2D eigenvalue weighted by molar-refractivity contribution is 7.09. The minimum atomic E-state index is -0.801. The second-order valence-electron chi connectivity index (χ2n) is 8.77. The summed E-state index contributed by atoms with van der Waals surface area (Å²) < 4.78 is 3.96. The molecular weight excluding hydrogens is 426 g/mol. The number of nitrogens with zero attached hydrogens (tertiary/aromatic N) is 2. The number of anilines is 2. The number of primary amides is 1. The highest BCUT2D eigenvalue weighted by Crippen LogP contribution is 2.29. The minimum Gasteiger partial charge on any atom is -0.395 e. The number of amides is 3. The minimum absolute atomic E-state index is 0.0614. The van der Waals surface area contributed by atoms with E-state index in [2.05, 4.69) is 23.5 Å². The zero-order valence-electron chi connectivity index (χ0n) is 19.3. The van der Waals surface area contributed by atoms with Crippen molar-refractivity contribution < 1.29 is 14.4 Å². The normalized spacial score (nSPS) is 12.1. The van der Waals surface area contributed by atoms with E-state index >= 15 is 0 Å². The number of hydrogen-bond donors (Lipinski definition) is 3. The van der Waals surface area contributed by atoms with Gasteiger partial charge >= 0.3 is 0 Å². The first-order valence-electron chi connectivity index (χ1n) is 10.8. The molecule has 8 nitrogen and oxygen atoms in total. The summed E-state index contributed by atoms with van der Waals surface area (Å²) in [6.45, 7) is 10.6. The Bertz CT molecular complexity index is 970. The Kier molecular flexibility index (Phi) is 8.77. The van der Waals surface area contributed by atoms with Crippen LogP contribution in [0.4, 0.5) is 11.4 Å². The van der Waals surface area contributed by atoms with Gasteiger partial charge in [0.1, 0.15) is 10.9 Å². The van der Waals surface area contributed by atoms with Crippen LogP contribution >= 0.6 is 11.5 Å². The lowest BCUT2D eigenvalue weighted by Crippen LogP contribution is -2.51. The third-order valence-corrected chi connectivity index (χ3v) is 5.84. The van der Waals surface area contributed by atoms with E-state index < -0.39 is 17.9 Å². The highest BCUT2D eigenvalue weighted by Gasteiger charge is 2.35. The Labute approximate surface area is 193 Å². The van der Waals surface area contributed by atoms with Crippen LogP contribution in [-0.2, 0) is 4.79 Å². The molecule has 1 aromatic heterocycles. The zero-order chi connectivity index (χ0) is 24.0. The molecule has 174 valence electrons. The fraction of sp³-hybridized carbons (Fsp3) is 0.478. The maximum absolute atomic E-state index is 13.7. The molecule has 2 aromatic rings. The van der Waals surface area contributed by atoms with Gasteiger partial charge < -0.3 is 16.8 Å². The van der Waals surface area contributed by atoms with Crippen molar-refractivity contribution in [3.8, 4) is 0 Å². The molecule has 9 heteroatoms. The molecule has 32 heavy (non-hydrogen) atoms. The SMILES string of the molecule is Cc1cccc(N(C(=O)c2snc(C(N)=O)c2N)[C@@H](CC(C)C)C(=O)NCCC(C)C)c1. The molecule has 0 aliphatic heterocycles. The first-order valence-corrected chi connectivity index (χ1v) is 11.5. The number of carbonyl (C=O) groups excluding carboxylic acids is 3. The van der Waals surface area contributed by atoms with Crippen molar-refractivity contribution in [2.45, 2.75) is 53.5 Å². The van der Waals surface area contributed by atoms with Crippen molar-refractivity contribution in [2.24, 2.45) is 17.6 Å². The van der Waals surface area contributed by atoms with Gasteiger partial charge in [0.15, 0.2) is 5.69 Å². The van der Waals surface area contributed by atoms with Gasteiger partial charge in [-0.2, -0.15) is 4.37 Å². The average Bonchev–Trinajstić information content (AvgIpc) is 3.08. The van der Waals surface area contributed by atoms with Gasteiger partial charge in [-0.3, -0.25) is 19.3 Å². The molecule has 1 atom stereocenters. The number of nitrogens with two attached hydrogens (primary N) is 2. The summed E-state index contributed by atoms with van der Waals surface area (Å²) in [5, 5.41) is 2.98. The van der Waals surface area contributed by atoms with E-state index in [1.165, 1.54) is 4.90 Å². The Morgan fingerprint density at radius 1 is 1.16 bits per heavy atom. The zero-order valence-corrected chi connectivity index (χ0v) is 20.2. The number of benzene rings is 1. The molecule has 0 aliphatic rings. The summed E-state index contributed by atoms with van der Waals surface area (Å²) >= 11 is 0.811. The van der Waals surface area contributed by atoms with Gasteiger partial charge in [-0.15, -0.1) is 0 Å². The maximum Gasteiger partial charge on any atom is 0.272 e. The summed E-state index contributed by atoms with van der Waals surface area (Å²) in [6.07, 6.45) is 1.29. The fourth-order valence-corrected chi connectivity index (χ4v) is 4.08. The van der Waals surface area contributed by atoms with Crippen LogP contribution < -0.4 is 21.7 Å². The van der Waals surface area contributed by atoms with E-state index in [-0.39, 0.29) is 28.1 Å². The largest absolute Gasteiger partial charge is 0.395 e. The molecule has 2 rings (SSSR count). The van der Waals surface area contributed by atoms with Crippen LogP contribution in [0.25, 0.3) is 0 Å². The van der Waals surface area contributed by atoms with E-state index in [4.69, 9.17) is 11.5 Å². The predicted octanol–water partition coefficient (Wildman–Crippen LogP) is 3.36. The maximum atomic E-state index is 13.7. The van der Waals surface area contributed by atoms with Gasteiger partial charge in [-0.05, 0) is 60.8 Å². The van der Waals surface area contributed by atoms with Gasteiger partial charge in [-0.1, -0.05) is 39.8 Å². The molecule has 3 amide bonds. The number of nitrogen functional groups attached to an aromatic ring is 1. The number of nitrogens with one attached hydrogen (secondary N) is 1. The van der Waals surface area contributed by atoms with Crippen LogP contribution in [0, 0.1) is 18.8 Å². The summed E-state index contributed by atoms with van der Waals surface area (Å²) in [6, 6.07) is 6.62. The molecule has 0 radical (unpaired) electrons. The summed E-state index contributed by atoms with van der Waals surface area (Å²) in [7, 11) is 0. The van der Waals surface area contributed by atoms with Crippen LogP contribution in [0.3, 0.4) is 0 Å². The quantitative estimate of drug-likeness (QED) is 0.501. The molecule has 0 saturated carbocycles. The van der Waals surface area contributed by atoms with Crippen LogP contribution in [0.5, 0.6) is 0 Å². The van der Waals surface area contributed by atoms with Crippen LogP contribution in [0.1, 0.15) is 66.3 Å². The first kappa shape index (κ1) is 25.3. The third kappa shape index (κ3) is 6.29. The van der Waals surface area contributed by atoms with Gasteiger partial charge in [0.25, 0.3) is 11.8 Å². The lowest BCUT2D eigenvalue weighted by molar-refractivity contribution is -0.122. The molecule has 0 bridgehead atoms. The topological polar surface area (TPSA) is 131 Å². The summed E-state index contributed by atoms with van der Waals surface area (Å²) in [4.78, 5) is 40.1. The number of aromatic nitrogens is 1. The number of rotatable bonds is 10. The number of hydrogen-bond acceptors (Lipinski definition) is 6. The Balaban J connectivity index is 2.53. The lowest BCUT2D eigenvalue weighted by Gasteiger charge is -2.32.